The summed E-state index contributed by atoms with van der Waals surface area (Å²) >= 11 is 0. The van der Waals surface area contributed by atoms with E-state index in [1.807, 2.05) is 10.8 Å². The Labute approximate surface area is 67.8 Å². The normalized spacial score (nSPS) is 14.0. The molecule has 3 heterocycles. The number of rotatable bonds is 0. The Hall–Kier alpha value is -1.78. The molecule has 0 saturated carbocycles. The van der Waals surface area contributed by atoms with E-state index in [2.05, 4.69) is 19.9 Å². The molecule has 58 valence electrons. The van der Waals surface area contributed by atoms with E-state index in [1.54, 1.807) is 6.20 Å². The largest absolute Gasteiger partial charge is 0.300 e. The predicted molar refractivity (Wildman–Crippen MR) is 43.5 cm³/mol. The van der Waals surface area contributed by atoms with Crippen molar-refractivity contribution in [2.45, 2.75) is 6.54 Å². The second-order valence-corrected chi connectivity index (χ2v) is 2.57. The van der Waals surface area contributed by atoms with E-state index >= 15 is 0 Å². The Morgan fingerprint density at radius 2 is 2.42 bits per heavy atom. The monoisotopic (exact) mass is 159 g/mol. The van der Waals surface area contributed by atoms with Gasteiger partial charge in [-0.1, -0.05) is 0 Å². The van der Waals surface area contributed by atoms with Crippen LogP contribution in [0, 0.1) is 0 Å². The van der Waals surface area contributed by atoms with Gasteiger partial charge in [-0.05, 0) is 0 Å². The second-order valence-electron chi connectivity index (χ2n) is 2.57. The van der Waals surface area contributed by atoms with E-state index in [0.717, 1.165) is 23.7 Å². The maximum atomic E-state index is 4.21. The number of nitrogens with zero attached hydrogens (tertiary/aromatic N) is 5. The van der Waals surface area contributed by atoms with Gasteiger partial charge in [-0.25, -0.2) is 15.0 Å². The van der Waals surface area contributed by atoms with Crippen molar-refractivity contribution in [3.63, 3.8) is 0 Å². The molecule has 0 spiro atoms. The Morgan fingerprint density at radius 3 is 3.42 bits per heavy atom. The minimum absolute atomic E-state index is 0.719. The SMILES string of the molecule is C1=Nc2nc3ncncc3n2C1. The zero-order valence-electron chi connectivity index (χ0n) is 6.18. The van der Waals surface area contributed by atoms with E-state index < -0.39 is 0 Å². The van der Waals surface area contributed by atoms with Crippen LogP contribution in [-0.4, -0.2) is 25.7 Å². The van der Waals surface area contributed by atoms with Crippen molar-refractivity contribution < 1.29 is 0 Å². The number of imidazole rings is 1. The third-order valence-electron chi connectivity index (χ3n) is 1.88. The molecule has 0 saturated heterocycles. The van der Waals surface area contributed by atoms with Crippen LogP contribution in [0.4, 0.5) is 5.95 Å². The molecule has 1 aliphatic heterocycles. The molecule has 0 radical (unpaired) electrons. The molecule has 0 unspecified atom stereocenters. The number of aliphatic imine (C=N–C) groups is 1. The van der Waals surface area contributed by atoms with E-state index in [9.17, 15) is 0 Å². The van der Waals surface area contributed by atoms with Crippen LogP contribution in [0.2, 0.25) is 0 Å². The van der Waals surface area contributed by atoms with Crippen molar-refractivity contribution in [2.75, 3.05) is 0 Å². The Morgan fingerprint density at radius 1 is 1.42 bits per heavy atom. The van der Waals surface area contributed by atoms with Crippen molar-refractivity contribution in [3.05, 3.63) is 12.5 Å². The minimum Gasteiger partial charge on any atom is -0.300 e. The molecular weight excluding hydrogens is 154 g/mol. The molecule has 0 bridgehead atoms. The number of hydrogen-bond donors (Lipinski definition) is 0. The molecular formula is C7H5N5. The van der Waals surface area contributed by atoms with Crippen LogP contribution in [0.5, 0.6) is 0 Å². The van der Waals surface area contributed by atoms with Crippen LogP contribution in [-0.2, 0) is 6.54 Å². The van der Waals surface area contributed by atoms with Crippen molar-refractivity contribution in [1.82, 2.24) is 19.5 Å². The van der Waals surface area contributed by atoms with Gasteiger partial charge in [-0.3, -0.25) is 0 Å². The van der Waals surface area contributed by atoms with Gasteiger partial charge in [0, 0.05) is 6.21 Å². The molecule has 0 aromatic carbocycles. The van der Waals surface area contributed by atoms with Crippen LogP contribution in [0.1, 0.15) is 0 Å². The molecule has 5 heteroatoms. The molecule has 0 aliphatic carbocycles. The van der Waals surface area contributed by atoms with Crippen LogP contribution in [0.3, 0.4) is 0 Å². The van der Waals surface area contributed by atoms with E-state index in [0.29, 0.717) is 0 Å². The molecule has 0 amide bonds. The molecule has 3 rings (SSSR count). The Kier molecular flexibility index (Phi) is 0.910. The van der Waals surface area contributed by atoms with Crippen molar-refractivity contribution in [1.29, 1.82) is 0 Å². The highest BCUT2D eigenvalue weighted by molar-refractivity contribution is 5.78. The van der Waals surface area contributed by atoms with Crippen LogP contribution in [0.15, 0.2) is 17.5 Å². The first kappa shape index (κ1) is 5.82. The lowest BCUT2D eigenvalue weighted by atomic mass is 10.5. The van der Waals surface area contributed by atoms with Gasteiger partial charge >= 0.3 is 0 Å². The zero-order valence-corrected chi connectivity index (χ0v) is 6.18. The van der Waals surface area contributed by atoms with Crippen LogP contribution >= 0.6 is 0 Å². The number of aromatic nitrogens is 4. The van der Waals surface area contributed by atoms with Gasteiger partial charge in [0.15, 0.2) is 5.65 Å². The molecule has 0 fully saturated rings. The van der Waals surface area contributed by atoms with E-state index in [1.165, 1.54) is 6.33 Å². The summed E-state index contributed by atoms with van der Waals surface area (Å²) in [5.74, 6) is 0.727. The molecule has 0 atom stereocenters. The molecule has 0 N–H and O–H groups in total. The van der Waals surface area contributed by atoms with Gasteiger partial charge in [0.05, 0.1) is 12.7 Å². The van der Waals surface area contributed by atoms with Gasteiger partial charge in [0.25, 0.3) is 0 Å². The first-order chi connectivity index (χ1) is 5.95. The molecule has 1 aliphatic rings. The molecule has 2 aromatic rings. The average Bonchev–Trinajstić information content (AvgIpc) is 2.62. The summed E-state index contributed by atoms with van der Waals surface area (Å²) in [7, 11) is 0. The number of fused-ring (bicyclic) bond motifs is 3. The first-order valence-corrected chi connectivity index (χ1v) is 3.64. The Balaban J connectivity index is 2.49. The third-order valence-corrected chi connectivity index (χ3v) is 1.88. The van der Waals surface area contributed by atoms with Gasteiger partial charge < -0.3 is 4.57 Å². The highest BCUT2D eigenvalue weighted by Gasteiger charge is 2.12. The summed E-state index contributed by atoms with van der Waals surface area (Å²) < 4.78 is 1.98. The highest BCUT2D eigenvalue weighted by atomic mass is 15.2. The van der Waals surface area contributed by atoms with Gasteiger partial charge in [0.2, 0.25) is 5.95 Å². The van der Waals surface area contributed by atoms with E-state index in [-0.39, 0.29) is 0 Å². The predicted octanol–water partition coefficient (Wildman–Crippen LogP) is 0.542. The fraction of sp³-hybridized carbons (Fsp3) is 0.143. The van der Waals surface area contributed by atoms with Crippen molar-refractivity contribution in [2.24, 2.45) is 4.99 Å². The van der Waals surface area contributed by atoms with Crippen LogP contribution < -0.4 is 0 Å². The molecule has 5 nitrogen and oxygen atoms in total. The second kappa shape index (κ2) is 1.88. The molecule has 2 aromatic heterocycles. The standard InChI is InChI=1S/C7H5N5/c1-2-12-5-3-8-4-10-6(5)11-7(12)9-1/h1,3-4H,2H2. The summed E-state index contributed by atoms with van der Waals surface area (Å²) in [5.41, 5.74) is 1.67. The van der Waals surface area contributed by atoms with Gasteiger partial charge in [-0.15, -0.1) is 0 Å². The van der Waals surface area contributed by atoms with Crippen LogP contribution in [0.25, 0.3) is 11.2 Å². The fourth-order valence-corrected chi connectivity index (χ4v) is 1.34. The maximum Gasteiger partial charge on any atom is 0.232 e. The first-order valence-electron chi connectivity index (χ1n) is 3.64. The lowest BCUT2D eigenvalue weighted by molar-refractivity contribution is 0.931. The lowest BCUT2D eigenvalue weighted by Crippen LogP contribution is -1.92. The van der Waals surface area contributed by atoms with Gasteiger partial charge in [-0.2, -0.15) is 4.98 Å². The quantitative estimate of drug-likeness (QED) is 0.563. The third kappa shape index (κ3) is 0.578. The zero-order chi connectivity index (χ0) is 7.97. The summed E-state index contributed by atoms with van der Waals surface area (Å²) in [5, 5.41) is 0. The maximum absolute atomic E-state index is 4.21. The number of hydrogen-bond acceptors (Lipinski definition) is 4. The summed E-state index contributed by atoms with van der Waals surface area (Å²) in [6.45, 7) is 0.777. The molecule has 12 heavy (non-hydrogen) atoms. The highest BCUT2D eigenvalue weighted by Crippen LogP contribution is 2.21. The van der Waals surface area contributed by atoms with E-state index in [4.69, 9.17) is 0 Å². The summed E-state index contributed by atoms with van der Waals surface area (Å²) in [6.07, 6.45) is 5.08. The topological polar surface area (TPSA) is 56.0 Å². The van der Waals surface area contributed by atoms with Gasteiger partial charge in [0.1, 0.15) is 11.8 Å². The average molecular weight is 159 g/mol. The van der Waals surface area contributed by atoms with Crippen molar-refractivity contribution >= 4 is 23.3 Å². The summed E-state index contributed by atoms with van der Waals surface area (Å²) in [4.78, 5) is 16.3. The smallest absolute Gasteiger partial charge is 0.232 e. The lowest BCUT2D eigenvalue weighted by Gasteiger charge is -1.92. The minimum atomic E-state index is 0.719. The fourth-order valence-electron chi connectivity index (χ4n) is 1.34. The Bertz CT molecular complexity index is 470. The summed E-state index contributed by atoms with van der Waals surface area (Å²) in [6, 6.07) is 0. The van der Waals surface area contributed by atoms with Crippen molar-refractivity contribution in [3.8, 4) is 0 Å².